The van der Waals surface area contributed by atoms with Crippen molar-refractivity contribution in [3.05, 3.63) is 35.1 Å². The molecule has 1 nitrogen and oxygen atoms in total. The maximum absolute atomic E-state index is 13.1. The molecule has 0 aliphatic heterocycles. The molecule has 0 heterocycles. The van der Waals surface area contributed by atoms with E-state index in [4.69, 9.17) is 0 Å². The summed E-state index contributed by atoms with van der Waals surface area (Å²) in [6.07, 6.45) is 6.01. The minimum absolute atomic E-state index is 0.195. The average Bonchev–Trinajstić information content (AvgIpc) is 2.33. The van der Waals surface area contributed by atoms with Crippen LogP contribution in [0.5, 0.6) is 0 Å². The van der Waals surface area contributed by atoms with E-state index in [0.29, 0.717) is 12.3 Å². The largest absolute Gasteiger partial charge is 0.389 e. The molecule has 0 aromatic heterocycles. The van der Waals surface area contributed by atoms with Crippen LogP contribution < -0.4 is 0 Å². The number of rotatable bonds is 3. The van der Waals surface area contributed by atoms with Crippen LogP contribution in [0.1, 0.15) is 50.2 Å². The third-order valence-electron chi connectivity index (χ3n) is 4.47. The van der Waals surface area contributed by atoms with E-state index in [2.05, 4.69) is 6.92 Å². The molecule has 0 radical (unpaired) electrons. The fraction of sp³-hybridized carbons (Fsp3) is 0.625. The van der Waals surface area contributed by atoms with Crippen LogP contribution in [0.3, 0.4) is 0 Å². The number of benzene rings is 1. The molecule has 1 aromatic carbocycles. The fourth-order valence-corrected chi connectivity index (χ4v) is 3.30. The predicted octanol–water partition coefficient (Wildman–Crippen LogP) is 4.01. The third-order valence-corrected chi connectivity index (χ3v) is 4.47. The second-order valence-corrected chi connectivity index (χ2v) is 5.70. The van der Waals surface area contributed by atoms with E-state index in [1.54, 1.807) is 6.07 Å². The molecule has 1 saturated carbocycles. The first-order chi connectivity index (χ1) is 8.55. The molecule has 1 aliphatic carbocycles. The molecule has 0 spiro atoms. The summed E-state index contributed by atoms with van der Waals surface area (Å²) in [5.41, 5.74) is 1.44. The second kappa shape index (κ2) is 5.40. The molecule has 1 aromatic rings. The fourth-order valence-electron chi connectivity index (χ4n) is 3.30. The van der Waals surface area contributed by atoms with Gasteiger partial charge in [-0.2, -0.15) is 0 Å². The van der Waals surface area contributed by atoms with Crippen LogP contribution in [-0.2, 0) is 6.42 Å². The Kier molecular flexibility index (Phi) is 4.06. The van der Waals surface area contributed by atoms with E-state index in [1.165, 1.54) is 12.5 Å². The van der Waals surface area contributed by atoms with Gasteiger partial charge in [-0.05, 0) is 48.9 Å². The first kappa shape index (κ1) is 13.5. The monoisotopic (exact) mass is 250 g/mol. The van der Waals surface area contributed by atoms with Gasteiger partial charge in [0.2, 0.25) is 0 Å². The average molecular weight is 250 g/mol. The lowest BCUT2D eigenvalue weighted by molar-refractivity contribution is -0.0492. The topological polar surface area (TPSA) is 20.2 Å². The maximum atomic E-state index is 13.1. The van der Waals surface area contributed by atoms with Crippen molar-refractivity contribution in [3.63, 3.8) is 0 Å². The molecule has 2 rings (SSSR count). The van der Waals surface area contributed by atoms with Gasteiger partial charge >= 0.3 is 0 Å². The molecule has 1 aliphatic rings. The van der Waals surface area contributed by atoms with Gasteiger partial charge in [-0.25, -0.2) is 4.39 Å². The number of hydrogen-bond donors (Lipinski definition) is 1. The maximum Gasteiger partial charge on any atom is 0.123 e. The molecule has 0 saturated heterocycles. The highest BCUT2D eigenvalue weighted by Crippen LogP contribution is 2.38. The second-order valence-electron chi connectivity index (χ2n) is 5.70. The summed E-state index contributed by atoms with van der Waals surface area (Å²) >= 11 is 0. The molecular formula is C16H23FO. The smallest absolute Gasteiger partial charge is 0.123 e. The van der Waals surface area contributed by atoms with Gasteiger partial charge in [0.15, 0.2) is 0 Å². The molecule has 1 fully saturated rings. The highest BCUT2D eigenvalue weighted by Gasteiger charge is 2.37. The Morgan fingerprint density at radius 2 is 2.17 bits per heavy atom. The summed E-state index contributed by atoms with van der Waals surface area (Å²) in [6, 6.07) is 4.88. The summed E-state index contributed by atoms with van der Waals surface area (Å²) < 4.78 is 13.1. The molecule has 2 unspecified atom stereocenters. The molecule has 1 N–H and O–H groups in total. The van der Waals surface area contributed by atoms with Crippen LogP contribution in [0.25, 0.3) is 0 Å². The zero-order chi connectivity index (χ0) is 13.2. The van der Waals surface area contributed by atoms with Crippen molar-refractivity contribution in [2.75, 3.05) is 0 Å². The van der Waals surface area contributed by atoms with E-state index >= 15 is 0 Å². The molecule has 2 atom stereocenters. The van der Waals surface area contributed by atoms with Gasteiger partial charge in [-0.15, -0.1) is 0 Å². The van der Waals surface area contributed by atoms with Crippen LogP contribution >= 0.6 is 0 Å². The minimum atomic E-state index is -0.588. The molecular weight excluding hydrogens is 227 g/mol. The summed E-state index contributed by atoms with van der Waals surface area (Å²) in [5.74, 6) is 0.189. The number of aliphatic hydroxyl groups is 1. The van der Waals surface area contributed by atoms with Crippen LogP contribution in [0.2, 0.25) is 0 Å². The van der Waals surface area contributed by atoms with Crippen molar-refractivity contribution in [2.24, 2.45) is 5.92 Å². The minimum Gasteiger partial charge on any atom is -0.389 e. The van der Waals surface area contributed by atoms with Crippen LogP contribution in [0.15, 0.2) is 18.2 Å². The normalized spacial score (nSPS) is 28.3. The van der Waals surface area contributed by atoms with Gasteiger partial charge in [-0.3, -0.25) is 0 Å². The van der Waals surface area contributed by atoms with Crippen molar-refractivity contribution in [3.8, 4) is 0 Å². The Labute approximate surface area is 109 Å². The Bertz CT molecular complexity index is 416. The lowest BCUT2D eigenvalue weighted by atomic mass is 9.71. The highest BCUT2D eigenvalue weighted by atomic mass is 19.1. The lowest BCUT2D eigenvalue weighted by Crippen LogP contribution is -2.42. The van der Waals surface area contributed by atoms with Gasteiger partial charge < -0.3 is 5.11 Å². The quantitative estimate of drug-likeness (QED) is 0.859. The van der Waals surface area contributed by atoms with Crippen LogP contribution in [0.4, 0.5) is 4.39 Å². The number of hydrogen-bond acceptors (Lipinski definition) is 1. The van der Waals surface area contributed by atoms with Crippen molar-refractivity contribution in [1.29, 1.82) is 0 Å². The van der Waals surface area contributed by atoms with Gasteiger partial charge in [-0.1, -0.05) is 32.3 Å². The summed E-state index contributed by atoms with van der Waals surface area (Å²) in [5, 5.41) is 10.9. The summed E-state index contributed by atoms with van der Waals surface area (Å²) in [4.78, 5) is 0. The summed E-state index contributed by atoms with van der Waals surface area (Å²) in [6.45, 7) is 4.07. The van der Waals surface area contributed by atoms with E-state index in [0.717, 1.165) is 36.8 Å². The van der Waals surface area contributed by atoms with Gasteiger partial charge in [0.1, 0.15) is 5.82 Å². The number of aryl methyl sites for hydroxylation is 1. The SMILES string of the molecule is CCC1CCCCC1(O)Cc1ccc(F)cc1C. The Hall–Kier alpha value is -0.890. The van der Waals surface area contributed by atoms with Crippen LogP contribution in [0, 0.1) is 18.7 Å². The molecule has 100 valence electrons. The Morgan fingerprint density at radius 1 is 1.39 bits per heavy atom. The van der Waals surface area contributed by atoms with Gasteiger partial charge in [0.25, 0.3) is 0 Å². The van der Waals surface area contributed by atoms with Crippen molar-refractivity contribution < 1.29 is 9.50 Å². The Balaban J connectivity index is 2.20. The zero-order valence-corrected chi connectivity index (χ0v) is 11.4. The van der Waals surface area contributed by atoms with Crippen molar-refractivity contribution >= 4 is 0 Å². The van der Waals surface area contributed by atoms with Crippen molar-refractivity contribution in [1.82, 2.24) is 0 Å². The molecule has 18 heavy (non-hydrogen) atoms. The van der Waals surface area contributed by atoms with Crippen LogP contribution in [-0.4, -0.2) is 10.7 Å². The number of halogens is 1. The van der Waals surface area contributed by atoms with Crippen molar-refractivity contribution in [2.45, 2.75) is 58.0 Å². The molecule has 2 heteroatoms. The third kappa shape index (κ3) is 2.74. The highest BCUT2D eigenvalue weighted by molar-refractivity contribution is 5.28. The first-order valence-corrected chi connectivity index (χ1v) is 7.02. The van der Waals surface area contributed by atoms with E-state index in [9.17, 15) is 9.50 Å². The zero-order valence-electron chi connectivity index (χ0n) is 11.4. The van der Waals surface area contributed by atoms with Gasteiger partial charge in [0, 0.05) is 6.42 Å². The van der Waals surface area contributed by atoms with E-state index in [1.807, 2.05) is 13.0 Å². The summed E-state index contributed by atoms with van der Waals surface area (Å²) in [7, 11) is 0. The molecule has 0 bridgehead atoms. The lowest BCUT2D eigenvalue weighted by Gasteiger charge is -2.40. The van der Waals surface area contributed by atoms with E-state index in [-0.39, 0.29) is 5.82 Å². The molecule has 0 amide bonds. The standard InChI is InChI=1S/C16H23FO/c1-3-14-6-4-5-9-16(14,18)11-13-7-8-15(17)10-12(13)2/h7-8,10,14,18H,3-6,9,11H2,1-2H3. The first-order valence-electron chi connectivity index (χ1n) is 7.02. The Morgan fingerprint density at radius 3 is 2.83 bits per heavy atom. The van der Waals surface area contributed by atoms with Gasteiger partial charge in [0.05, 0.1) is 5.60 Å². The predicted molar refractivity (Wildman–Crippen MR) is 72.0 cm³/mol. The van der Waals surface area contributed by atoms with E-state index < -0.39 is 5.60 Å².